The number of thiophene rings is 1. The van der Waals surface area contributed by atoms with E-state index < -0.39 is 4.92 Å². The second-order valence-electron chi connectivity index (χ2n) is 5.46. The Bertz CT molecular complexity index is 1030. The molecule has 3 aromatic rings. The van der Waals surface area contributed by atoms with Crippen LogP contribution in [0.25, 0.3) is 10.1 Å². The molecule has 136 valence electrons. The summed E-state index contributed by atoms with van der Waals surface area (Å²) in [5.74, 6) is 0.344. The molecule has 0 unspecified atom stereocenters. The maximum atomic E-state index is 12.2. The molecule has 7 nitrogen and oxygen atoms in total. The lowest BCUT2D eigenvalue weighted by Gasteiger charge is -2.02. The van der Waals surface area contributed by atoms with E-state index in [9.17, 15) is 14.9 Å². The van der Waals surface area contributed by atoms with E-state index in [1.54, 1.807) is 30.3 Å². The fourth-order valence-electron chi connectivity index (χ4n) is 2.28. The van der Waals surface area contributed by atoms with Gasteiger partial charge in [-0.05, 0) is 42.0 Å². The van der Waals surface area contributed by atoms with Gasteiger partial charge < -0.3 is 4.74 Å². The van der Waals surface area contributed by atoms with E-state index in [1.807, 2.05) is 12.1 Å². The van der Waals surface area contributed by atoms with Gasteiger partial charge in [-0.2, -0.15) is 5.10 Å². The number of benzene rings is 2. The number of hydrazone groups is 1. The fraction of sp³-hybridized carbons (Fsp3) is 0.0526. The fourth-order valence-corrected chi connectivity index (χ4v) is 3.21. The van der Waals surface area contributed by atoms with Crippen LogP contribution in [0.2, 0.25) is 0 Å². The van der Waals surface area contributed by atoms with Crippen molar-refractivity contribution < 1.29 is 14.5 Å². The number of carbonyl (C=O) groups excluding carboxylic acids is 1. The molecule has 1 amide bonds. The Morgan fingerprint density at radius 3 is 2.74 bits per heavy atom. The van der Waals surface area contributed by atoms with Crippen molar-refractivity contribution in [3.05, 3.63) is 81.7 Å². The minimum absolute atomic E-state index is 0.00852. The molecule has 0 spiro atoms. The van der Waals surface area contributed by atoms with Crippen LogP contribution in [0.3, 0.4) is 0 Å². The molecule has 0 aliphatic carbocycles. The third-order valence-electron chi connectivity index (χ3n) is 3.56. The number of hydrogen-bond acceptors (Lipinski definition) is 6. The standard InChI is InChI=1S/C19H15N3O4S/c1-2-9-26-16-6-3-13(4-7-16)12-20-21-19(23)18-11-14-10-15(22(24)25)5-8-17(14)27-18/h2-8,10-12H,1,9H2,(H,21,23)/b20-12-. The van der Waals surface area contributed by atoms with Crippen LogP contribution in [0.1, 0.15) is 15.2 Å². The number of nitro groups is 1. The molecule has 0 saturated heterocycles. The third kappa shape index (κ3) is 4.56. The summed E-state index contributed by atoms with van der Waals surface area (Å²) in [4.78, 5) is 23.0. The maximum absolute atomic E-state index is 12.2. The van der Waals surface area contributed by atoms with Crippen molar-refractivity contribution in [1.29, 1.82) is 0 Å². The molecule has 1 aromatic heterocycles. The molecular weight excluding hydrogens is 366 g/mol. The summed E-state index contributed by atoms with van der Waals surface area (Å²) in [5, 5.41) is 15.4. The van der Waals surface area contributed by atoms with E-state index in [1.165, 1.54) is 29.7 Å². The number of carbonyl (C=O) groups is 1. The number of nitro benzene ring substituents is 1. The highest BCUT2D eigenvalue weighted by Crippen LogP contribution is 2.28. The molecule has 0 saturated carbocycles. The van der Waals surface area contributed by atoms with Crippen LogP contribution in [-0.4, -0.2) is 23.7 Å². The number of nitrogens with one attached hydrogen (secondary N) is 1. The van der Waals surface area contributed by atoms with Crippen LogP contribution in [-0.2, 0) is 0 Å². The average molecular weight is 381 g/mol. The molecule has 0 atom stereocenters. The van der Waals surface area contributed by atoms with Gasteiger partial charge in [-0.1, -0.05) is 12.7 Å². The number of fused-ring (bicyclic) bond motifs is 1. The first-order valence-corrected chi connectivity index (χ1v) is 8.73. The molecule has 3 rings (SSSR count). The molecule has 1 heterocycles. The van der Waals surface area contributed by atoms with E-state index in [-0.39, 0.29) is 11.6 Å². The number of ether oxygens (including phenoxy) is 1. The molecule has 0 radical (unpaired) electrons. The number of hydrogen-bond donors (Lipinski definition) is 1. The Hall–Kier alpha value is -3.52. The highest BCUT2D eigenvalue weighted by atomic mass is 32.1. The number of rotatable bonds is 7. The van der Waals surface area contributed by atoms with Gasteiger partial charge in [-0.3, -0.25) is 14.9 Å². The summed E-state index contributed by atoms with van der Waals surface area (Å²) in [5.41, 5.74) is 3.25. The van der Waals surface area contributed by atoms with Crippen molar-refractivity contribution in [2.75, 3.05) is 6.61 Å². The Balaban J connectivity index is 1.64. The van der Waals surface area contributed by atoms with Gasteiger partial charge in [0.1, 0.15) is 12.4 Å². The van der Waals surface area contributed by atoms with Gasteiger partial charge in [-0.15, -0.1) is 11.3 Å². The van der Waals surface area contributed by atoms with E-state index in [2.05, 4.69) is 17.1 Å². The van der Waals surface area contributed by atoms with Gasteiger partial charge in [0.15, 0.2) is 0 Å². The Morgan fingerprint density at radius 2 is 2.04 bits per heavy atom. The van der Waals surface area contributed by atoms with Crippen molar-refractivity contribution in [2.45, 2.75) is 0 Å². The van der Waals surface area contributed by atoms with Crippen LogP contribution in [0, 0.1) is 10.1 Å². The molecule has 27 heavy (non-hydrogen) atoms. The normalized spacial score (nSPS) is 10.8. The minimum Gasteiger partial charge on any atom is -0.490 e. The van der Waals surface area contributed by atoms with Gasteiger partial charge in [0.05, 0.1) is 16.0 Å². The second-order valence-corrected chi connectivity index (χ2v) is 6.54. The van der Waals surface area contributed by atoms with Gasteiger partial charge >= 0.3 is 0 Å². The van der Waals surface area contributed by atoms with Gasteiger partial charge in [0, 0.05) is 22.2 Å². The highest BCUT2D eigenvalue weighted by Gasteiger charge is 2.12. The Labute approximate surface area is 158 Å². The summed E-state index contributed by atoms with van der Waals surface area (Å²) >= 11 is 1.25. The largest absolute Gasteiger partial charge is 0.490 e. The van der Waals surface area contributed by atoms with Crippen molar-refractivity contribution in [2.24, 2.45) is 5.10 Å². The van der Waals surface area contributed by atoms with E-state index in [0.717, 1.165) is 16.0 Å². The van der Waals surface area contributed by atoms with E-state index >= 15 is 0 Å². The van der Waals surface area contributed by atoms with Crippen LogP contribution >= 0.6 is 11.3 Å². The summed E-state index contributed by atoms with van der Waals surface area (Å²) in [6.07, 6.45) is 3.18. The van der Waals surface area contributed by atoms with Crippen molar-refractivity contribution >= 4 is 39.2 Å². The number of amides is 1. The zero-order valence-electron chi connectivity index (χ0n) is 14.1. The predicted molar refractivity (Wildman–Crippen MR) is 106 cm³/mol. The number of non-ortho nitro benzene ring substituents is 1. The lowest BCUT2D eigenvalue weighted by atomic mass is 10.2. The Morgan fingerprint density at radius 1 is 1.26 bits per heavy atom. The van der Waals surface area contributed by atoms with Crippen LogP contribution in [0.4, 0.5) is 5.69 Å². The molecule has 2 aromatic carbocycles. The Kier molecular flexibility index (Phi) is 5.58. The summed E-state index contributed by atoms with van der Waals surface area (Å²) in [7, 11) is 0. The molecular formula is C19H15N3O4S. The summed E-state index contributed by atoms with van der Waals surface area (Å²) < 4.78 is 6.19. The number of nitrogens with zero attached hydrogens (tertiary/aromatic N) is 2. The first-order valence-electron chi connectivity index (χ1n) is 7.92. The molecule has 0 aliphatic rings. The average Bonchev–Trinajstić information content (AvgIpc) is 3.10. The third-order valence-corrected chi connectivity index (χ3v) is 4.68. The lowest BCUT2D eigenvalue weighted by molar-refractivity contribution is -0.384. The van der Waals surface area contributed by atoms with Crippen LogP contribution in [0.15, 0.2) is 66.3 Å². The predicted octanol–water partition coefficient (Wildman–Crippen LogP) is 4.14. The highest BCUT2D eigenvalue weighted by molar-refractivity contribution is 7.20. The molecule has 8 heteroatoms. The zero-order chi connectivity index (χ0) is 19.2. The lowest BCUT2D eigenvalue weighted by Crippen LogP contribution is -2.16. The van der Waals surface area contributed by atoms with Crippen molar-refractivity contribution in [1.82, 2.24) is 5.43 Å². The summed E-state index contributed by atoms with van der Waals surface area (Å²) in [6, 6.07) is 13.3. The van der Waals surface area contributed by atoms with Crippen molar-refractivity contribution in [3.63, 3.8) is 0 Å². The molecule has 0 fully saturated rings. The first kappa shape index (κ1) is 18.3. The molecule has 0 bridgehead atoms. The van der Waals surface area contributed by atoms with E-state index in [0.29, 0.717) is 16.9 Å². The zero-order valence-corrected chi connectivity index (χ0v) is 14.9. The topological polar surface area (TPSA) is 93.8 Å². The molecule has 0 aliphatic heterocycles. The minimum atomic E-state index is -0.463. The van der Waals surface area contributed by atoms with Gasteiger partial charge in [0.2, 0.25) is 0 Å². The smallest absolute Gasteiger partial charge is 0.281 e. The van der Waals surface area contributed by atoms with Gasteiger partial charge in [-0.25, -0.2) is 5.43 Å². The summed E-state index contributed by atoms with van der Waals surface area (Å²) in [6.45, 7) is 4.02. The van der Waals surface area contributed by atoms with E-state index in [4.69, 9.17) is 4.74 Å². The van der Waals surface area contributed by atoms with Crippen LogP contribution < -0.4 is 10.2 Å². The van der Waals surface area contributed by atoms with Crippen molar-refractivity contribution in [3.8, 4) is 5.75 Å². The SMILES string of the molecule is C=CCOc1ccc(/C=N\NC(=O)c2cc3cc([N+](=O)[O-])ccc3s2)cc1. The quantitative estimate of drug-likeness (QED) is 0.288. The first-order chi connectivity index (χ1) is 13.1. The maximum Gasteiger partial charge on any atom is 0.281 e. The van der Waals surface area contributed by atoms with Gasteiger partial charge in [0.25, 0.3) is 11.6 Å². The monoisotopic (exact) mass is 381 g/mol. The molecule has 1 N–H and O–H groups in total. The van der Waals surface area contributed by atoms with Crippen LogP contribution in [0.5, 0.6) is 5.75 Å². The second kappa shape index (κ2) is 8.24.